The second-order valence-corrected chi connectivity index (χ2v) is 5.31. The van der Waals surface area contributed by atoms with Crippen molar-refractivity contribution in [2.24, 2.45) is 0 Å². The number of aromatic hydroxyl groups is 1. The zero-order chi connectivity index (χ0) is 19.6. The highest BCUT2D eigenvalue weighted by molar-refractivity contribution is 5.82. The van der Waals surface area contributed by atoms with Gasteiger partial charge >= 0.3 is 5.97 Å². The van der Waals surface area contributed by atoms with Crippen molar-refractivity contribution < 1.29 is 24.2 Å². The lowest BCUT2D eigenvalue weighted by Crippen LogP contribution is -1.98. The van der Waals surface area contributed by atoms with E-state index in [2.05, 4.69) is 13.0 Å². The van der Waals surface area contributed by atoms with Crippen molar-refractivity contribution in [3.63, 3.8) is 0 Å². The molecule has 1 aromatic carbocycles. The molecule has 1 N–H and O–H groups in total. The standard InChI is InChI=1S/C12H20O2.C9H10O3/c1-3-5-6-7-8-9-10-11-12(13)14-4-2;1-2-12-9-5-7(6-10)3-4-8(9)11/h8-11H,3-7H2,1-2H3;3-6,11H,2H2,1H3/b9-8-,11-10+;. The summed E-state index contributed by atoms with van der Waals surface area (Å²) in [7, 11) is 0. The minimum absolute atomic E-state index is 0.0578. The third-order valence-electron chi connectivity index (χ3n) is 3.16. The summed E-state index contributed by atoms with van der Waals surface area (Å²) in [5.41, 5.74) is 0.497. The van der Waals surface area contributed by atoms with Crippen LogP contribution in [0.4, 0.5) is 0 Å². The van der Waals surface area contributed by atoms with Gasteiger partial charge in [-0.25, -0.2) is 4.79 Å². The number of phenolic OH excluding ortho intramolecular Hbond substituents is 1. The van der Waals surface area contributed by atoms with Crippen LogP contribution in [0.25, 0.3) is 0 Å². The Labute approximate surface area is 156 Å². The number of allylic oxidation sites excluding steroid dienone is 3. The normalized spacial score (nSPS) is 10.4. The molecule has 0 unspecified atom stereocenters. The fraction of sp³-hybridized carbons (Fsp3) is 0.429. The summed E-state index contributed by atoms with van der Waals surface area (Å²) in [5.74, 6) is 0.134. The fourth-order valence-electron chi connectivity index (χ4n) is 1.89. The number of aldehydes is 1. The molecule has 1 aromatic rings. The van der Waals surface area contributed by atoms with Crippen LogP contribution in [-0.2, 0) is 9.53 Å². The number of phenols is 1. The Morgan fingerprint density at radius 3 is 2.50 bits per heavy atom. The molecule has 26 heavy (non-hydrogen) atoms. The van der Waals surface area contributed by atoms with E-state index in [1.165, 1.54) is 43.5 Å². The summed E-state index contributed by atoms with van der Waals surface area (Å²) in [4.78, 5) is 21.2. The van der Waals surface area contributed by atoms with Gasteiger partial charge < -0.3 is 14.6 Å². The Bertz CT molecular complexity index is 576. The Hall–Kier alpha value is -2.56. The molecule has 0 aliphatic carbocycles. The number of ether oxygens (including phenoxy) is 2. The van der Waals surface area contributed by atoms with E-state index in [4.69, 9.17) is 9.47 Å². The summed E-state index contributed by atoms with van der Waals surface area (Å²) < 4.78 is 9.80. The van der Waals surface area contributed by atoms with E-state index in [1.807, 2.05) is 13.0 Å². The highest BCUT2D eigenvalue weighted by Crippen LogP contribution is 2.25. The van der Waals surface area contributed by atoms with Crippen molar-refractivity contribution in [2.75, 3.05) is 13.2 Å². The predicted molar refractivity (Wildman–Crippen MR) is 104 cm³/mol. The Balaban J connectivity index is 0.000000485. The first-order valence-electron chi connectivity index (χ1n) is 8.99. The number of hydrogen-bond donors (Lipinski definition) is 1. The number of benzene rings is 1. The van der Waals surface area contributed by atoms with E-state index in [9.17, 15) is 14.7 Å². The Morgan fingerprint density at radius 2 is 1.88 bits per heavy atom. The van der Waals surface area contributed by atoms with Gasteiger partial charge in [0.1, 0.15) is 6.29 Å². The minimum Gasteiger partial charge on any atom is -0.504 e. The average molecular weight is 362 g/mol. The van der Waals surface area contributed by atoms with Crippen LogP contribution in [0.2, 0.25) is 0 Å². The van der Waals surface area contributed by atoms with Crippen LogP contribution in [0.5, 0.6) is 11.5 Å². The molecule has 144 valence electrons. The third kappa shape index (κ3) is 11.9. The van der Waals surface area contributed by atoms with Crippen LogP contribution in [-0.4, -0.2) is 30.6 Å². The number of hydrogen-bond acceptors (Lipinski definition) is 5. The average Bonchev–Trinajstić information content (AvgIpc) is 2.64. The topological polar surface area (TPSA) is 72.8 Å². The minimum atomic E-state index is -0.272. The maximum atomic E-state index is 10.8. The highest BCUT2D eigenvalue weighted by Gasteiger charge is 2.01. The van der Waals surface area contributed by atoms with Gasteiger partial charge in [0, 0.05) is 11.6 Å². The summed E-state index contributed by atoms with van der Waals surface area (Å²) in [6.45, 7) is 6.70. The molecule has 0 aliphatic rings. The van der Waals surface area contributed by atoms with Crippen LogP contribution < -0.4 is 4.74 Å². The molecule has 5 nitrogen and oxygen atoms in total. The number of rotatable bonds is 10. The van der Waals surface area contributed by atoms with Gasteiger partial charge in [0.2, 0.25) is 0 Å². The summed E-state index contributed by atoms with van der Waals surface area (Å²) in [6.07, 6.45) is 12.7. The molecule has 0 radical (unpaired) electrons. The van der Waals surface area contributed by atoms with Gasteiger partial charge in [0.25, 0.3) is 0 Å². The van der Waals surface area contributed by atoms with Crippen molar-refractivity contribution >= 4 is 12.3 Å². The Kier molecular flexibility index (Phi) is 14.4. The van der Waals surface area contributed by atoms with Gasteiger partial charge in [-0.1, -0.05) is 38.0 Å². The van der Waals surface area contributed by atoms with Crippen molar-refractivity contribution in [1.82, 2.24) is 0 Å². The second kappa shape index (κ2) is 15.9. The molecule has 5 heteroatoms. The molecule has 0 atom stereocenters. The largest absolute Gasteiger partial charge is 0.504 e. The lowest BCUT2D eigenvalue weighted by molar-refractivity contribution is -0.137. The van der Waals surface area contributed by atoms with Gasteiger partial charge in [0.05, 0.1) is 13.2 Å². The predicted octanol–water partition coefficient (Wildman–Crippen LogP) is 4.85. The molecule has 0 fully saturated rings. The lowest BCUT2D eigenvalue weighted by atomic mass is 10.2. The molecule has 0 spiro atoms. The number of carbonyl (C=O) groups excluding carboxylic acids is 2. The lowest BCUT2D eigenvalue weighted by Gasteiger charge is -2.04. The maximum Gasteiger partial charge on any atom is 0.330 e. The van der Waals surface area contributed by atoms with Crippen LogP contribution in [0.1, 0.15) is 56.8 Å². The SMILES string of the molecule is CCCCC/C=C\C=C\C(=O)OCC.CCOc1cc(C=O)ccc1O. The van der Waals surface area contributed by atoms with Gasteiger partial charge in [-0.05, 0) is 44.9 Å². The van der Waals surface area contributed by atoms with E-state index >= 15 is 0 Å². The number of carbonyl (C=O) groups is 2. The van der Waals surface area contributed by atoms with Gasteiger partial charge in [0.15, 0.2) is 11.5 Å². The first kappa shape index (κ1) is 23.4. The molecule has 1 rings (SSSR count). The smallest absolute Gasteiger partial charge is 0.330 e. The fourth-order valence-corrected chi connectivity index (χ4v) is 1.89. The van der Waals surface area contributed by atoms with Crippen LogP contribution in [0.3, 0.4) is 0 Å². The first-order chi connectivity index (χ1) is 12.6. The van der Waals surface area contributed by atoms with Crippen molar-refractivity contribution in [1.29, 1.82) is 0 Å². The molecular formula is C21H30O5. The second-order valence-electron chi connectivity index (χ2n) is 5.31. The molecule has 0 saturated heterocycles. The first-order valence-corrected chi connectivity index (χ1v) is 8.99. The van der Waals surface area contributed by atoms with E-state index < -0.39 is 0 Å². The quantitative estimate of drug-likeness (QED) is 0.212. The van der Waals surface area contributed by atoms with Crippen LogP contribution in [0.15, 0.2) is 42.5 Å². The van der Waals surface area contributed by atoms with Crippen molar-refractivity contribution in [2.45, 2.75) is 46.5 Å². The molecule has 0 amide bonds. The highest BCUT2D eigenvalue weighted by atomic mass is 16.5. The molecule has 0 bridgehead atoms. The van der Waals surface area contributed by atoms with Crippen molar-refractivity contribution in [3.05, 3.63) is 48.1 Å². The monoisotopic (exact) mass is 362 g/mol. The van der Waals surface area contributed by atoms with E-state index in [0.29, 0.717) is 30.8 Å². The zero-order valence-electron chi connectivity index (χ0n) is 15.9. The van der Waals surface area contributed by atoms with Gasteiger partial charge in [-0.15, -0.1) is 0 Å². The Morgan fingerprint density at radius 1 is 1.12 bits per heavy atom. The van der Waals surface area contributed by atoms with E-state index in [0.717, 1.165) is 6.42 Å². The molecule has 0 aromatic heterocycles. The van der Waals surface area contributed by atoms with Crippen molar-refractivity contribution in [3.8, 4) is 11.5 Å². The summed E-state index contributed by atoms with van der Waals surface area (Å²) in [6, 6.07) is 4.48. The van der Waals surface area contributed by atoms with E-state index in [-0.39, 0.29) is 11.7 Å². The number of esters is 1. The third-order valence-corrected chi connectivity index (χ3v) is 3.16. The van der Waals surface area contributed by atoms with E-state index in [1.54, 1.807) is 13.0 Å². The summed E-state index contributed by atoms with van der Waals surface area (Å²) in [5, 5.41) is 9.22. The number of unbranched alkanes of at least 4 members (excludes halogenated alkanes) is 3. The van der Waals surface area contributed by atoms with Crippen LogP contribution in [0, 0.1) is 0 Å². The molecule has 0 saturated carbocycles. The summed E-state index contributed by atoms with van der Waals surface area (Å²) >= 11 is 0. The van der Waals surface area contributed by atoms with Gasteiger partial charge in [-0.3, -0.25) is 4.79 Å². The maximum absolute atomic E-state index is 10.8. The molecule has 0 heterocycles. The molecular weight excluding hydrogens is 332 g/mol. The van der Waals surface area contributed by atoms with Gasteiger partial charge in [-0.2, -0.15) is 0 Å². The zero-order valence-corrected chi connectivity index (χ0v) is 15.9. The molecule has 0 aliphatic heterocycles. The van der Waals surface area contributed by atoms with Crippen LogP contribution >= 0.6 is 0 Å².